The molecule has 3 nitrogen and oxygen atoms in total. The number of nitrogens with two attached hydrogens (primary N) is 1. The average Bonchev–Trinajstić information content (AvgIpc) is 2.38. The van der Waals surface area contributed by atoms with Crippen molar-refractivity contribution in [1.29, 1.82) is 0 Å². The molecule has 0 aliphatic heterocycles. The number of hydrogen-bond acceptors (Lipinski definition) is 3. The fourth-order valence-electron chi connectivity index (χ4n) is 1.91. The van der Waals surface area contributed by atoms with Crippen LogP contribution >= 0.6 is 0 Å². The number of methoxy groups -OCH3 is 1. The van der Waals surface area contributed by atoms with E-state index in [-0.39, 0.29) is 0 Å². The van der Waals surface area contributed by atoms with Crippen molar-refractivity contribution in [1.82, 2.24) is 5.32 Å². The molecule has 1 aromatic rings. The van der Waals surface area contributed by atoms with Gasteiger partial charge in [-0.2, -0.15) is 0 Å². The van der Waals surface area contributed by atoms with Gasteiger partial charge in [0, 0.05) is 12.1 Å². The maximum Gasteiger partial charge on any atom is 0.123 e. The Morgan fingerprint density at radius 1 is 1.28 bits per heavy atom. The predicted octanol–water partition coefficient (Wildman–Crippen LogP) is 2.65. The third-order valence-corrected chi connectivity index (χ3v) is 3.09. The van der Waals surface area contributed by atoms with Gasteiger partial charge in [0.25, 0.3) is 0 Å². The Bertz CT molecular complexity index is 350. The molecular weight excluding hydrogens is 224 g/mol. The zero-order valence-electron chi connectivity index (χ0n) is 11.8. The maximum atomic E-state index is 5.47. The van der Waals surface area contributed by atoms with Crippen LogP contribution in [0.5, 0.6) is 5.75 Å². The summed E-state index contributed by atoms with van der Waals surface area (Å²) in [4.78, 5) is 0. The molecule has 0 atom stereocenters. The summed E-state index contributed by atoms with van der Waals surface area (Å²) in [5.41, 5.74) is 8.06. The third kappa shape index (κ3) is 4.67. The molecular formula is C15H26N2O. The zero-order chi connectivity index (χ0) is 13.4. The van der Waals surface area contributed by atoms with E-state index in [1.807, 2.05) is 0 Å². The Morgan fingerprint density at radius 2 is 2.06 bits per heavy atom. The summed E-state index contributed by atoms with van der Waals surface area (Å²) in [7, 11) is 1.72. The molecule has 0 aromatic heterocycles. The lowest BCUT2D eigenvalue weighted by Crippen LogP contribution is -2.16. The fourth-order valence-corrected chi connectivity index (χ4v) is 1.91. The summed E-state index contributed by atoms with van der Waals surface area (Å²) in [5, 5.41) is 3.44. The van der Waals surface area contributed by atoms with Gasteiger partial charge in [-0.3, -0.25) is 0 Å². The molecule has 0 saturated heterocycles. The summed E-state index contributed by atoms with van der Waals surface area (Å²) in [6, 6.07) is 6.44. The molecule has 1 aromatic carbocycles. The van der Waals surface area contributed by atoms with Crippen LogP contribution in [0.1, 0.15) is 43.7 Å². The molecule has 0 aliphatic carbocycles. The van der Waals surface area contributed by atoms with Crippen molar-refractivity contribution in [2.75, 3.05) is 20.2 Å². The van der Waals surface area contributed by atoms with Crippen LogP contribution in [0, 0.1) is 0 Å². The van der Waals surface area contributed by atoms with Crippen LogP contribution < -0.4 is 15.8 Å². The largest absolute Gasteiger partial charge is 0.496 e. The highest BCUT2D eigenvalue weighted by molar-refractivity contribution is 5.38. The van der Waals surface area contributed by atoms with Gasteiger partial charge in [-0.25, -0.2) is 0 Å². The molecule has 3 heteroatoms. The Morgan fingerprint density at radius 3 is 2.67 bits per heavy atom. The minimum atomic E-state index is 0.548. The van der Waals surface area contributed by atoms with Crippen molar-refractivity contribution in [3.8, 4) is 5.75 Å². The lowest BCUT2D eigenvalue weighted by Gasteiger charge is -2.13. The molecule has 0 amide bonds. The first-order chi connectivity index (χ1) is 8.69. The highest BCUT2D eigenvalue weighted by Gasteiger charge is 2.06. The van der Waals surface area contributed by atoms with Gasteiger partial charge in [0.15, 0.2) is 0 Å². The summed E-state index contributed by atoms with van der Waals surface area (Å²) >= 11 is 0. The minimum absolute atomic E-state index is 0.548. The van der Waals surface area contributed by atoms with E-state index in [1.165, 1.54) is 11.1 Å². The number of ether oxygens (including phenoxy) is 1. The van der Waals surface area contributed by atoms with E-state index in [2.05, 4.69) is 37.4 Å². The number of rotatable bonds is 8. The number of unbranched alkanes of at least 4 members (excludes halogenated alkanes) is 1. The van der Waals surface area contributed by atoms with E-state index in [0.717, 1.165) is 38.2 Å². The van der Waals surface area contributed by atoms with Crippen molar-refractivity contribution in [3.05, 3.63) is 29.3 Å². The predicted molar refractivity (Wildman–Crippen MR) is 77.1 cm³/mol. The van der Waals surface area contributed by atoms with Crippen LogP contribution in [0.3, 0.4) is 0 Å². The van der Waals surface area contributed by atoms with E-state index in [1.54, 1.807) is 7.11 Å². The molecule has 0 heterocycles. The molecule has 0 bridgehead atoms. The molecule has 102 valence electrons. The van der Waals surface area contributed by atoms with E-state index in [0.29, 0.717) is 5.92 Å². The molecule has 0 saturated carbocycles. The van der Waals surface area contributed by atoms with Crippen molar-refractivity contribution in [2.45, 2.75) is 39.2 Å². The number of hydrogen-bond donors (Lipinski definition) is 2. The maximum absolute atomic E-state index is 5.47. The number of nitrogens with one attached hydrogen (secondary N) is 1. The first-order valence-corrected chi connectivity index (χ1v) is 6.76. The summed E-state index contributed by atoms with van der Waals surface area (Å²) in [5.74, 6) is 1.51. The molecule has 0 fully saturated rings. The van der Waals surface area contributed by atoms with Gasteiger partial charge in [0.1, 0.15) is 5.75 Å². The summed E-state index contributed by atoms with van der Waals surface area (Å²) in [6.45, 7) is 7.05. The van der Waals surface area contributed by atoms with E-state index < -0.39 is 0 Å². The Hall–Kier alpha value is -1.06. The molecule has 0 radical (unpaired) electrons. The molecule has 0 unspecified atom stereocenters. The highest BCUT2D eigenvalue weighted by atomic mass is 16.5. The lowest BCUT2D eigenvalue weighted by atomic mass is 10.00. The Labute approximate surface area is 111 Å². The summed E-state index contributed by atoms with van der Waals surface area (Å²) in [6.07, 6.45) is 2.21. The number of benzene rings is 1. The van der Waals surface area contributed by atoms with Crippen LogP contribution in [0.15, 0.2) is 18.2 Å². The van der Waals surface area contributed by atoms with Gasteiger partial charge in [0.05, 0.1) is 7.11 Å². The monoisotopic (exact) mass is 250 g/mol. The third-order valence-electron chi connectivity index (χ3n) is 3.09. The van der Waals surface area contributed by atoms with Crippen LogP contribution in [0.25, 0.3) is 0 Å². The molecule has 0 spiro atoms. The van der Waals surface area contributed by atoms with Gasteiger partial charge in [-0.15, -0.1) is 0 Å². The van der Waals surface area contributed by atoms with Gasteiger partial charge < -0.3 is 15.8 Å². The first-order valence-electron chi connectivity index (χ1n) is 6.76. The van der Waals surface area contributed by atoms with Crippen molar-refractivity contribution in [3.63, 3.8) is 0 Å². The quantitative estimate of drug-likeness (QED) is 0.697. The van der Waals surface area contributed by atoms with E-state index >= 15 is 0 Å². The van der Waals surface area contributed by atoms with Crippen molar-refractivity contribution >= 4 is 0 Å². The van der Waals surface area contributed by atoms with Crippen LogP contribution in [0.2, 0.25) is 0 Å². The Balaban J connectivity index is 2.58. The first kappa shape index (κ1) is 15.0. The standard InChI is InChI=1S/C15H26N2O/c1-12(2)13-6-7-15(18-3)14(10-13)11-17-9-5-4-8-16/h6-7,10,12,17H,4-5,8-9,11,16H2,1-3H3. The molecule has 1 rings (SSSR count). The Kier molecular flexibility index (Phi) is 6.76. The lowest BCUT2D eigenvalue weighted by molar-refractivity contribution is 0.407. The molecule has 3 N–H and O–H groups in total. The highest BCUT2D eigenvalue weighted by Crippen LogP contribution is 2.23. The van der Waals surface area contributed by atoms with E-state index in [4.69, 9.17) is 10.5 Å². The second-order valence-electron chi connectivity index (χ2n) is 4.90. The SMILES string of the molecule is COc1ccc(C(C)C)cc1CNCCCCN. The van der Waals surface area contributed by atoms with Gasteiger partial charge in [-0.05, 0) is 43.5 Å². The van der Waals surface area contributed by atoms with Crippen LogP contribution in [0.4, 0.5) is 0 Å². The average molecular weight is 250 g/mol. The topological polar surface area (TPSA) is 47.3 Å². The summed E-state index contributed by atoms with van der Waals surface area (Å²) < 4.78 is 5.40. The van der Waals surface area contributed by atoms with Crippen molar-refractivity contribution in [2.24, 2.45) is 5.73 Å². The van der Waals surface area contributed by atoms with Crippen LogP contribution in [-0.2, 0) is 6.54 Å². The normalized spacial score (nSPS) is 10.9. The smallest absolute Gasteiger partial charge is 0.123 e. The van der Waals surface area contributed by atoms with Gasteiger partial charge in [0.2, 0.25) is 0 Å². The molecule has 0 aliphatic rings. The zero-order valence-corrected chi connectivity index (χ0v) is 11.8. The van der Waals surface area contributed by atoms with Crippen LogP contribution in [-0.4, -0.2) is 20.2 Å². The molecule has 18 heavy (non-hydrogen) atoms. The second kappa shape index (κ2) is 8.11. The fraction of sp³-hybridized carbons (Fsp3) is 0.600. The minimum Gasteiger partial charge on any atom is -0.496 e. The second-order valence-corrected chi connectivity index (χ2v) is 4.90. The van der Waals surface area contributed by atoms with Gasteiger partial charge in [-0.1, -0.05) is 26.0 Å². The van der Waals surface area contributed by atoms with E-state index in [9.17, 15) is 0 Å². The van der Waals surface area contributed by atoms with Crippen molar-refractivity contribution < 1.29 is 4.74 Å². The van der Waals surface area contributed by atoms with Gasteiger partial charge >= 0.3 is 0 Å².